The minimum absolute atomic E-state index is 0.0310. The average Bonchev–Trinajstić information content (AvgIpc) is 3.07. The van der Waals surface area contributed by atoms with Crippen LogP contribution in [0, 0.1) is 12.7 Å². The van der Waals surface area contributed by atoms with Crippen LogP contribution in [0.1, 0.15) is 32.2 Å². The summed E-state index contributed by atoms with van der Waals surface area (Å²) in [4.78, 5) is 36.1. The molecule has 2 aromatic heterocycles. The molecule has 156 valence electrons. The second kappa shape index (κ2) is 7.82. The predicted octanol–water partition coefficient (Wildman–Crippen LogP) is 2.07. The van der Waals surface area contributed by atoms with Crippen LogP contribution in [0.4, 0.5) is 10.3 Å². The van der Waals surface area contributed by atoms with Crippen LogP contribution in [-0.2, 0) is 6.54 Å². The first-order valence-corrected chi connectivity index (χ1v) is 9.29. The van der Waals surface area contributed by atoms with Crippen LogP contribution in [-0.4, -0.2) is 31.3 Å². The molecule has 0 aliphatic rings. The highest BCUT2D eigenvalue weighted by Crippen LogP contribution is 2.27. The van der Waals surface area contributed by atoms with E-state index in [4.69, 9.17) is 11.5 Å². The molecule has 0 bridgehead atoms. The lowest BCUT2D eigenvalue weighted by molar-refractivity contribution is 0.0986. The molecule has 2 amide bonds. The number of hydrogen-bond donors (Lipinski definition) is 3. The normalized spacial score (nSPS) is 10.9. The zero-order valence-electron chi connectivity index (χ0n) is 16.5. The number of halogens is 1. The number of nitrogens with two attached hydrogens (primary N) is 2. The van der Waals surface area contributed by atoms with E-state index in [0.717, 1.165) is 11.6 Å². The summed E-state index contributed by atoms with van der Waals surface area (Å²) >= 11 is 0. The fourth-order valence-electron chi connectivity index (χ4n) is 3.30. The Labute approximate surface area is 175 Å². The lowest BCUT2D eigenvalue weighted by Gasteiger charge is -2.11. The molecule has 2 aromatic carbocycles. The molecule has 4 aromatic rings. The first kappa shape index (κ1) is 20.0. The van der Waals surface area contributed by atoms with Crippen molar-refractivity contribution in [2.75, 3.05) is 5.32 Å². The molecule has 0 spiro atoms. The first-order chi connectivity index (χ1) is 14.8. The van der Waals surface area contributed by atoms with Gasteiger partial charge in [0.25, 0.3) is 5.91 Å². The van der Waals surface area contributed by atoms with Crippen molar-refractivity contribution in [1.29, 1.82) is 0 Å². The van der Waals surface area contributed by atoms with Gasteiger partial charge in [-0.2, -0.15) is 15.0 Å². The molecular formula is C21H18FN7O2. The summed E-state index contributed by atoms with van der Waals surface area (Å²) in [6.45, 7) is 2.13. The van der Waals surface area contributed by atoms with Crippen LogP contribution >= 0.6 is 0 Å². The average molecular weight is 419 g/mol. The number of carbonyl (C=O) groups is 2. The maximum atomic E-state index is 14.2. The number of nitrogens with zero attached hydrogens (tertiary/aromatic N) is 4. The largest absolute Gasteiger partial charge is 0.366 e. The molecule has 4 rings (SSSR count). The van der Waals surface area contributed by atoms with E-state index in [0.29, 0.717) is 23.1 Å². The number of hydrogen-bond acceptors (Lipinski definition) is 6. The Morgan fingerprint density at radius 1 is 1.03 bits per heavy atom. The molecule has 0 aliphatic carbocycles. The summed E-state index contributed by atoms with van der Waals surface area (Å²) in [5.41, 5.74) is 12.7. The molecule has 0 radical (unpaired) electrons. The topological polar surface area (TPSA) is 142 Å². The first-order valence-electron chi connectivity index (χ1n) is 9.29. The van der Waals surface area contributed by atoms with Crippen molar-refractivity contribution in [3.63, 3.8) is 0 Å². The Morgan fingerprint density at radius 3 is 2.45 bits per heavy atom. The van der Waals surface area contributed by atoms with Gasteiger partial charge in [0, 0.05) is 17.6 Å². The van der Waals surface area contributed by atoms with Gasteiger partial charge in [0.05, 0.1) is 11.1 Å². The number of aryl methyl sites for hydroxylation is 1. The van der Waals surface area contributed by atoms with Crippen LogP contribution in [0.25, 0.3) is 16.9 Å². The summed E-state index contributed by atoms with van der Waals surface area (Å²) in [7, 11) is 0. The van der Waals surface area contributed by atoms with Gasteiger partial charge in [-0.3, -0.25) is 14.2 Å². The summed E-state index contributed by atoms with van der Waals surface area (Å²) in [6, 6.07) is 13.5. The van der Waals surface area contributed by atoms with Crippen LogP contribution < -0.4 is 16.8 Å². The Hall–Kier alpha value is -4.34. The highest BCUT2D eigenvalue weighted by Gasteiger charge is 2.19. The van der Waals surface area contributed by atoms with Gasteiger partial charge in [-0.1, -0.05) is 30.3 Å². The van der Waals surface area contributed by atoms with Crippen molar-refractivity contribution in [3.8, 4) is 5.95 Å². The lowest BCUT2D eigenvalue weighted by atomic mass is 10.1. The van der Waals surface area contributed by atoms with Crippen molar-refractivity contribution in [3.05, 3.63) is 77.0 Å². The van der Waals surface area contributed by atoms with E-state index in [9.17, 15) is 14.0 Å². The number of amides is 2. The number of nitrogens with one attached hydrogen (secondary N) is 1. The van der Waals surface area contributed by atoms with E-state index in [2.05, 4.69) is 20.3 Å². The van der Waals surface area contributed by atoms with Gasteiger partial charge in [-0.15, -0.1) is 0 Å². The molecule has 0 saturated heterocycles. The zero-order valence-corrected chi connectivity index (χ0v) is 16.5. The monoisotopic (exact) mass is 419 g/mol. The van der Waals surface area contributed by atoms with E-state index in [1.807, 2.05) is 30.3 Å². The van der Waals surface area contributed by atoms with E-state index in [-0.39, 0.29) is 23.3 Å². The van der Waals surface area contributed by atoms with Crippen LogP contribution in [0.5, 0.6) is 0 Å². The fourth-order valence-corrected chi connectivity index (χ4v) is 3.30. The third-order valence-electron chi connectivity index (χ3n) is 4.67. The summed E-state index contributed by atoms with van der Waals surface area (Å²) in [6.07, 6.45) is 0. The molecular weight excluding hydrogens is 401 g/mol. The van der Waals surface area contributed by atoms with E-state index < -0.39 is 17.6 Å². The number of anilines is 1. The second-order valence-electron chi connectivity index (χ2n) is 6.86. The van der Waals surface area contributed by atoms with Gasteiger partial charge in [0.15, 0.2) is 0 Å². The molecule has 31 heavy (non-hydrogen) atoms. The molecule has 2 heterocycles. The highest BCUT2D eigenvalue weighted by molar-refractivity contribution is 6.06. The quantitative estimate of drug-likeness (QED) is 0.437. The Morgan fingerprint density at radius 2 is 1.77 bits per heavy atom. The molecule has 0 aliphatic heterocycles. The third-order valence-corrected chi connectivity index (χ3v) is 4.67. The van der Waals surface area contributed by atoms with Crippen LogP contribution in [0.15, 0.2) is 48.5 Å². The maximum absolute atomic E-state index is 14.2. The lowest BCUT2D eigenvalue weighted by Crippen LogP contribution is -2.20. The fraction of sp³-hybridized carbons (Fsp3) is 0.0952. The van der Waals surface area contributed by atoms with Gasteiger partial charge in [0.2, 0.25) is 23.6 Å². The SMILES string of the molecule is Cc1cc2c(C(N)=O)cc(F)cc2n1-c1nc(NCc2ccccc2)nc(C(N)=O)n1. The van der Waals surface area contributed by atoms with E-state index >= 15 is 0 Å². The number of rotatable bonds is 6. The minimum atomic E-state index is -0.843. The number of benzene rings is 2. The van der Waals surface area contributed by atoms with Crippen molar-refractivity contribution in [1.82, 2.24) is 19.5 Å². The smallest absolute Gasteiger partial charge is 0.286 e. The van der Waals surface area contributed by atoms with Gasteiger partial charge < -0.3 is 16.8 Å². The molecule has 9 nitrogen and oxygen atoms in total. The Bertz CT molecular complexity index is 1320. The second-order valence-corrected chi connectivity index (χ2v) is 6.86. The number of fused-ring (bicyclic) bond motifs is 1. The van der Waals surface area contributed by atoms with Crippen molar-refractivity contribution in [2.45, 2.75) is 13.5 Å². The van der Waals surface area contributed by atoms with Gasteiger partial charge >= 0.3 is 0 Å². The standard InChI is InChI=1S/C21H18FN7O2/c1-11-7-14-15(17(23)30)8-13(22)9-16(14)29(11)21-27-19(18(24)31)26-20(28-21)25-10-12-5-3-2-4-6-12/h2-9H,10H2,1H3,(H2,23,30)(H2,24,31)(H,25,26,27,28). The highest BCUT2D eigenvalue weighted by atomic mass is 19.1. The predicted molar refractivity (Wildman–Crippen MR) is 112 cm³/mol. The van der Waals surface area contributed by atoms with Gasteiger partial charge in [-0.05, 0) is 30.7 Å². The number of aromatic nitrogens is 4. The minimum Gasteiger partial charge on any atom is -0.366 e. The summed E-state index contributed by atoms with van der Waals surface area (Å²) in [5, 5.41) is 3.47. The van der Waals surface area contributed by atoms with Crippen LogP contribution in [0.3, 0.4) is 0 Å². The Balaban J connectivity index is 1.85. The third kappa shape index (κ3) is 3.90. The molecule has 0 atom stereocenters. The van der Waals surface area contributed by atoms with Crippen LogP contribution in [0.2, 0.25) is 0 Å². The van der Waals surface area contributed by atoms with E-state index in [1.165, 1.54) is 10.6 Å². The number of carbonyl (C=O) groups excluding carboxylic acids is 2. The van der Waals surface area contributed by atoms with Crippen molar-refractivity contribution >= 4 is 28.7 Å². The number of primary amides is 2. The summed E-state index contributed by atoms with van der Waals surface area (Å²) in [5.74, 6) is -2.34. The molecule has 0 unspecified atom stereocenters. The summed E-state index contributed by atoms with van der Waals surface area (Å²) < 4.78 is 15.7. The molecule has 10 heteroatoms. The Kier molecular flexibility index (Phi) is 5.04. The van der Waals surface area contributed by atoms with E-state index in [1.54, 1.807) is 13.0 Å². The molecule has 0 fully saturated rings. The van der Waals surface area contributed by atoms with Crippen molar-refractivity contribution < 1.29 is 14.0 Å². The van der Waals surface area contributed by atoms with Gasteiger partial charge in [0.1, 0.15) is 5.82 Å². The van der Waals surface area contributed by atoms with Gasteiger partial charge in [-0.25, -0.2) is 4.39 Å². The van der Waals surface area contributed by atoms with Crippen molar-refractivity contribution in [2.24, 2.45) is 11.5 Å². The molecule has 0 saturated carbocycles. The maximum Gasteiger partial charge on any atom is 0.286 e. The zero-order chi connectivity index (χ0) is 22.1. The molecule has 5 N–H and O–H groups in total.